The van der Waals surface area contributed by atoms with Gasteiger partial charge in [-0.2, -0.15) is 0 Å². The monoisotopic (exact) mass is 543 g/mol. The molecular weight excluding hydrogens is 512 g/mol. The Labute approximate surface area is 222 Å². The quantitative estimate of drug-likeness (QED) is 0.388. The molecule has 0 aliphatic rings. The zero-order valence-corrected chi connectivity index (χ0v) is 22.3. The number of rotatable bonds is 11. The molecule has 0 saturated heterocycles. The van der Waals surface area contributed by atoms with E-state index < -0.39 is 46.1 Å². The van der Waals surface area contributed by atoms with Crippen LogP contribution in [0.4, 0.5) is 14.5 Å². The van der Waals surface area contributed by atoms with Crippen molar-refractivity contribution < 1.29 is 26.8 Å². The van der Waals surface area contributed by atoms with Gasteiger partial charge in [-0.05, 0) is 62.2 Å². The number of hydrogen-bond acceptors (Lipinski definition) is 4. The smallest absolute Gasteiger partial charge is 0.264 e. The van der Waals surface area contributed by atoms with E-state index in [4.69, 9.17) is 0 Å². The number of nitrogens with one attached hydrogen (secondary N) is 1. The lowest BCUT2D eigenvalue weighted by atomic mass is 10.1. The summed E-state index contributed by atoms with van der Waals surface area (Å²) in [5.74, 6) is -2.41. The lowest BCUT2D eigenvalue weighted by Gasteiger charge is -2.33. The first-order valence-corrected chi connectivity index (χ1v) is 13.7. The number of sulfonamides is 1. The molecule has 3 aromatic rings. The molecule has 0 radical (unpaired) electrons. The molecule has 0 bridgehead atoms. The summed E-state index contributed by atoms with van der Waals surface area (Å²) in [6, 6.07) is 15.8. The Hall–Kier alpha value is -3.79. The molecule has 202 valence electrons. The van der Waals surface area contributed by atoms with Crippen LogP contribution in [0.25, 0.3) is 0 Å². The van der Waals surface area contributed by atoms with E-state index in [9.17, 15) is 26.8 Å². The van der Waals surface area contributed by atoms with Crippen LogP contribution in [0.2, 0.25) is 0 Å². The van der Waals surface area contributed by atoms with E-state index in [1.807, 2.05) is 0 Å². The second-order valence-electron chi connectivity index (χ2n) is 8.74. The van der Waals surface area contributed by atoms with Crippen molar-refractivity contribution in [2.45, 2.75) is 44.7 Å². The van der Waals surface area contributed by atoms with E-state index in [2.05, 4.69) is 5.32 Å². The van der Waals surface area contributed by atoms with E-state index in [1.54, 1.807) is 32.9 Å². The van der Waals surface area contributed by atoms with E-state index in [0.29, 0.717) is 12.1 Å². The van der Waals surface area contributed by atoms with Gasteiger partial charge in [-0.15, -0.1) is 0 Å². The average Bonchev–Trinajstić information content (AvgIpc) is 2.89. The van der Waals surface area contributed by atoms with Crippen molar-refractivity contribution in [3.05, 3.63) is 95.6 Å². The van der Waals surface area contributed by atoms with Crippen LogP contribution in [-0.4, -0.2) is 44.3 Å². The van der Waals surface area contributed by atoms with Crippen molar-refractivity contribution in [1.29, 1.82) is 0 Å². The second-order valence-corrected chi connectivity index (χ2v) is 10.6. The molecule has 0 fully saturated rings. The molecule has 3 rings (SSSR count). The van der Waals surface area contributed by atoms with Crippen LogP contribution in [0.1, 0.15) is 31.4 Å². The van der Waals surface area contributed by atoms with Crippen LogP contribution >= 0.6 is 0 Å². The molecule has 38 heavy (non-hydrogen) atoms. The largest absolute Gasteiger partial charge is 0.355 e. The summed E-state index contributed by atoms with van der Waals surface area (Å²) in [6.45, 7) is 4.76. The molecule has 0 saturated carbocycles. The summed E-state index contributed by atoms with van der Waals surface area (Å²) in [4.78, 5) is 27.8. The SMILES string of the molecule is CCNC(=O)C(CC)N(Cc1ccc(F)cc1)C(=O)CN(c1ccccc1F)S(=O)(=O)c1ccc(C)cc1. The fourth-order valence-electron chi connectivity index (χ4n) is 4.00. The number of amides is 2. The van der Waals surface area contributed by atoms with Gasteiger partial charge >= 0.3 is 0 Å². The van der Waals surface area contributed by atoms with E-state index in [-0.39, 0.29) is 23.5 Å². The fourth-order valence-corrected chi connectivity index (χ4v) is 5.42. The summed E-state index contributed by atoms with van der Waals surface area (Å²) < 4.78 is 56.5. The third-order valence-electron chi connectivity index (χ3n) is 6.01. The summed E-state index contributed by atoms with van der Waals surface area (Å²) >= 11 is 0. The highest BCUT2D eigenvalue weighted by Crippen LogP contribution is 2.27. The van der Waals surface area contributed by atoms with Crippen LogP contribution in [0, 0.1) is 18.6 Å². The zero-order chi connectivity index (χ0) is 27.9. The third-order valence-corrected chi connectivity index (χ3v) is 7.79. The summed E-state index contributed by atoms with van der Waals surface area (Å²) in [5.41, 5.74) is 1.08. The molecule has 7 nitrogen and oxygen atoms in total. The number of carbonyl (C=O) groups excluding carboxylic acids is 2. The maximum absolute atomic E-state index is 14.9. The van der Waals surface area contributed by atoms with Gasteiger partial charge in [0.25, 0.3) is 10.0 Å². The lowest BCUT2D eigenvalue weighted by molar-refractivity contribution is -0.140. The minimum atomic E-state index is -4.37. The van der Waals surface area contributed by atoms with Crippen LogP contribution < -0.4 is 9.62 Å². The number of halogens is 2. The molecule has 3 aromatic carbocycles. The molecular formula is C28H31F2N3O4S. The van der Waals surface area contributed by atoms with Crippen LogP contribution in [0.15, 0.2) is 77.7 Å². The Kier molecular flexibility index (Phi) is 9.57. The maximum atomic E-state index is 14.9. The minimum absolute atomic E-state index is 0.0789. The van der Waals surface area contributed by atoms with E-state index >= 15 is 0 Å². The highest BCUT2D eigenvalue weighted by Gasteiger charge is 2.34. The van der Waals surface area contributed by atoms with Crippen LogP contribution in [0.3, 0.4) is 0 Å². The molecule has 1 N–H and O–H groups in total. The Bertz CT molecular complexity index is 1360. The number of carbonyl (C=O) groups is 2. The molecule has 0 heterocycles. The first kappa shape index (κ1) is 28.8. The number of hydrogen-bond donors (Lipinski definition) is 1. The second kappa shape index (κ2) is 12.6. The van der Waals surface area contributed by atoms with Crippen molar-refractivity contribution in [2.24, 2.45) is 0 Å². The van der Waals surface area contributed by atoms with Gasteiger partial charge in [-0.1, -0.05) is 48.9 Å². The van der Waals surface area contributed by atoms with Crippen LogP contribution in [0.5, 0.6) is 0 Å². The topological polar surface area (TPSA) is 86.8 Å². The van der Waals surface area contributed by atoms with Crippen LogP contribution in [-0.2, 0) is 26.2 Å². The standard InChI is InChI=1S/C28H31F2N3O4S/c1-4-25(28(35)31-5-2)32(18-21-12-14-22(29)15-13-21)27(34)19-33(26-9-7-6-8-24(26)30)38(36,37)23-16-10-20(3)11-17-23/h6-17,25H,4-5,18-19H2,1-3H3,(H,31,35). The normalized spacial score (nSPS) is 12.0. The van der Waals surface area contributed by atoms with Gasteiger partial charge in [-0.3, -0.25) is 13.9 Å². The Morgan fingerprint density at radius 2 is 1.55 bits per heavy atom. The van der Waals surface area contributed by atoms with Gasteiger partial charge in [0.05, 0.1) is 10.6 Å². The summed E-state index contributed by atoms with van der Waals surface area (Å²) in [6.07, 6.45) is 0.239. The molecule has 0 spiro atoms. The first-order chi connectivity index (χ1) is 18.1. The van der Waals surface area contributed by atoms with Crippen molar-refractivity contribution >= 4 is 27.5 Å². The van der Waals surface area contributed by atoms with E-state index in [0.717, 1.165) is 15.9 Å². The summed E-state index contributed by atoms with van der Waals surface area (Å²) in [5, 5.41) is 2.70. The molecule has 0 aliphatic heterocycles. The number of aryl methyl sites for hydroxylation is 1. The Morgan fingerprint density at radius 3 is 2.13 bits per heavy atom. The number of nitrogens with zero attached hydrogens (tertiary/aromatic N) is 2. The minimum Gasteiger partial charge on any atom is -0.355 e. The van der Waals surface area contributed by atoms with Gasteiger partial charge in [0.15, 0.2) is 0 Å². The highest BCUT2D eigenvalue weighted by molar-refractivity contribution is 7.92. The third kappa shape index (κ3) is 6.74. The van der Waals surface area contributed by atoms with E-state index in [1.165, 1.54) is 59.5 Å². The Balaban J connectivity index is 2.06. The van der Waals surface area contributed by atoms with Crippen molar-refractivity contribution in [3.63, 3.8) is 0 Å². The molecule has 0 aliphatic carbocycles. The molecule has 1 unspecified atom stereocenters. The van der Waals surface area contributed by atoms with Crippen molar-refractivity contribution in [2.75, 3.05) is 17.4 Å². The van der Waals surface area contributed by atoms with Gasteiger partial charge in [0, 0.05) is 13.1 Å². The average molecular weight is 544 g/mol. The number of anilines is 1. The number of para-hydroxylation sites is 1. The predicted molar refractivity (Wildman–Crippen MR) is 142 cm³/mol. The lowest BCUT2D eigenvalue weighted by Crippen LogP contribution is -2.52. The molecule has 2 amide bonds. The predicted octanol–water partition coefficient (Wildman–Crippen LogP) is 4.41. The number of benzene rings is 3. The Morgan fingerprint density at radius 1 is 0.921 bits per heavy atom. The van der Waals surface area contributed by atoms with Gasteiger partial charge < -0.3 is 10.2 Å². The fraction of sp³-hybridized carbons (Fsp3) is 0.286. The summed E-state index contributed by atoms with van der Waals surface area (Å²) in [7, 11) is -4.37. The molecule has 0 aromatic heterocycles. The first-order valence-electron chi connectivity index (χ1n) is 12.2. The molecule has 10 heteroatoms. The van der Waals surface area contributed by atoms with Gasteiger partial charge in [0.2, 0.25) is 11.8 Å². The molecule has 1 atom stereocenters. The van der Waals surface area contributed by atoms with Crippen molar-refractivity contribution in [1.82, 2.24) is 10.2 Å². The van der Waals surface area contributed by atoms with Gasteiger partial charge in [-0.25, -0.2) is 17.2 Å². The zero-order valence-electron chi connectivity index (χ0n) is 21.5. The highest BCUT2D eigenvalue weighted by atomic mass is 32.2. The van der Waals surface area contributed by atoms with Gasteiger partial charge in [0.1, 0.15) is 24.2 Å². The maximum Gasteiger partial charge on any atom is 0.264 e. The number of likely N-dealkylation sites (N-methyl/N-ethyl adjacent to an activating group) is 1. The van der Waals surface area contributed by atoms with Crippen molar-refractivity contribution in [3.8, 4) is 0 Å².